The molecule has 1 aliphatic heterocycles. The summed E-state index contributed by atoms with van der Waals surface area (Å²) < 4.78 is 5.33. The topological polar surface area (TPSA) is 41.6 Å². The molecule has 122 valence electrons. The zero-order valence-electron chi connectivity index (χ0n) is 13.5. The summed E-state index contributed by atoms with van der Waals surface area (Å²) in [5.41, 5.74) is 0.190. The Bertz CT molecular complexity index is 396. The molecule has 0 radical (unpaired) electrons. The van der Waals surface area contributed by atoms with Gasteiger partial charge < -0.3 is 22.5 Å². The van der Waals surface area contributed by atoms with E-state index in [1.54, 1.807) is 0 Å². The fraction of sp³-hybridized carbons (Fsp3) is 0.938. The Kier molecular flexibility index (Phi) is 4.91. The molecule has 3 unspecified atom stereocenters. The van der Waals surface area contributed by atoms with Gasteiger partial charge in [0.2, 0.25) is 5.91 Å². The molecule has 1 N–H and O–H groups in total. The summed E-state index contributed by atoms with van der Waals surface area (Å²) in [6.45, 7) is 10.7. The number of nitrogens with zero attached hydrogens (tertiary/aromatic N) is 1. The van der Waals surface area contributed by atoms with E-state index in [1.807, 2.05) is 0 Å². The highest BCUT2D eigenvalue weighted by Crippen LogP contribution is 2.61. The minimum atomic E-state index is -0.0285. The number of nitrogens with one attached hydrogen (secondary N) is 1. The third-order valence-corrected chi connectivity index (χ3v) is 6.48. The van der Waals surface area contributed by atoms with Gasteiger partial charge in [-0.2, -0.15) is 0 Å². The van der Waals surface area contributed by atoms with Crippen LogP contribution in [0, 0.1) is 17.3 Å². The number of rotatable bonds is 3. The van der Waals surface area contributed by atoms with Gasteiger partial charge in [0.05, 0.1) is 19.8 Å². The highest BCUT2D eigenvalue weighted by molar-refractivity contribution is 5.79. The quantitative estimate of drug-likeness (QED) is 0.700. The average Bonchev–Trinajstić information content (AvgIpc) is 2.94. The predicted octanol–water partition coefficient (Wildman–Crippen LogP) is -1.35. The van der Waals surface area contributed by atoms with Crippen LogP contribution in [0.4, 0.5) is 0 Å². The molecule has 3 atom stereocenters. The van der Waals surface area contributed by atoms with E-state index in [4.69, 9.17) is 4.74 Å². The van der Waals surface area contributed by atoms with E-state index in [0.717, 1.165) is 32.2 Å². The van der Waals surface area contributed by atoms with Crippen molar-refractivity contribution in [2.24, 2.45) is 17.3 Å². The molecule has 0 aromatic carbocycles. The minimum Gasteiger partial charge on any atom is -1.00 e. The summed E-state index contributed by atoms with van der Waals surface area (Å²) in [6, 6.07) is 0. The fourth-order valence-electron chi connectivity index (χ4n) is 4.67. The number of carbonyl (C=O) groups excluding carboxylic acids is 1. The van der Waals surface area contributed by atoms with Crippen LogP contribution in [0.2, 0.25) is 0 Å². The number of fused-ring (bicyclic) bond motifs is 2. The molecule has 3 aliphatic rings. The Morgan fingerprint density at radius 3 is 2.38 bits per heavy atom. The Hall–Kier alpha value is -0.320. The molecule has 1 saturated heterocycles. The first-order chi connectivity index (χ1) is 9.43. The second-order valence-electron chi connectivity index (χ2n) is 7.57. The smallest absolute Gasteiger partial charge is 0.234 e. The van der Waals surface area contributed by atoms with Crippen LogP contribution in [0.3, 0.4) is 0 Å². The summed E-state index contributed by atoms with van der Waals surface area (Å²) in [5, 5.41) is 3.40. The summed E-state index contributed by atoms with van der Waals surface area (Å²) in [6.07, 6.45) is 3.91. The van der Waals surface area contributed by atoms with E-state index < -0.39 is 0 Å². The minimum absolute atomic E-state index is 0. The second kappa shape index (κ2) is 6.05. The van der Waals surface area contributed by atoms with E-state index in [1.165, 1.54) is 19.3 Å². The lowest BCUT2D eigenvalue weighted by atomic mass is 9.64. The van der Waals surface area contributed by atoms with Gasteiger partial charge in [-0.1, -0.05) is 13.8 Å². The number of hydrogen-bond acceptors (Lipinski definition) is 3. The first kappa shape index (κ1) is 17.0. The van der Waals surface area contributed by atoms with Gasteiger partial charge in [-0.3, -0.25) is 9.69 Å². The lowest BCUT2D eigenvalue weighted by Crippen LogP contribution is -3.00. The fourth-order valence-corrected chi connectivity index (χ4v) is 4.67. The van der Waals surface area contributed by atoms with Crippen molar-refractivity contribution in [2.75, 3.05) is 32.8 Å². The van der Waals surface area contributed by atoms with Gasteiger partial charge in [-0.15, -0.1) is 0 Å². The Morgan fingerprint density at radius 1 is 1.19 bits per heavy atom. The third-order valence-electron chi connectivity index (χ3n) is 6.48. The maximum atomic E-state index is 12.4. The number of halogens is 1. The maximum Gasteiger partial charge on any atom is 0.234 e. The number of hydrogen-bond donors (Lipinski definition) is 1. The van der Waals surface area contributed by atoms with Crippen molar-refractivity contribution in [3.63, 3.8) is 0 Å². The van der Waals surface area contributed by atoms with Crippen LogP contribution in [0.25, 0.3) is 0 Å². The molecule has 4 nitrogen and oxygen atoms in total. The van der Waals surface area contributed by atoms with Crippen molar-refractivity contribution in [1.82, 2.24) is 10.2 Å². The van der Waals surface area contributed by atoms with Gasteiger partial charge in [0.25, 0.3) is 0 Å². The van der Waals surface area contributed by atoms with Gasteiger partial charge in [-0.05, 0) is 43.4 Å². The SMILES string of the molecule is CC1(C)C2CCC(C2)C1(C)NC(=O)CN1CCOCC1.[Cl-]. The molecule has 0 spiro atoms. The van der Waals surface area contributed by atoms with E-state index in [9.17, 15) is 4.79 Å². The molecule has 5 heteroatoms. The van der Waals surface area contributed by atoms with Crippen LogP contribution in [-0.4, -0.2) is 49.2 Å². The van der Waals surface area contributed by atoms with Crippen LogP contribution >= 0.6 is 0 Å². The molecule has 2 saturated carbocycles. The van der Waals surface area contributed by atoms with Crippen LogP contribution in [-0.2, 0) is 9.53 Å². The first-order valence-corrected chi connectivity index (χ1v) is 8.04. The van der Waals surface area contributed by atoms with Gasteiger partial charge in [0.15, 0.2) is 0 Å². The van der Waals surface area contributed by atoms with Crippen molar-refractivity contribution in [3.8, 4) is 0 Å². The van der Waals surface area contributed by atoms with Crippen LogP contribution in [0.1, 0.15) is 40.0 Å². The molecule has 21 heavy (non-hydrogen) atoms. The molecule has 2 bridgehead atoms. The largest absolute Gasteiger partial charge is 1.00 e. The Balaban J connectivity index is 0.00000161. The summed E-state index contributed by atoms with van der Waals surface area (Å²) >= 11 is 0. The molecule has 0 aromatic heterocycles. The monoisotopic (exact) mass is 315 g/mol. The van der Waals surface area contributed by atoms with Crippen LogP contribution in [0.5, 0.6) is 0 Å². The van der Waals surface area contributed by atoms with Gasteiger partial charge in [0.1, 0.15) is 0 Å². The molecule has 2 aliphatic carbocycles. The average molecular weight is 316 g/mol. The van der Waals surface area contributed by atoms with Gasteiger partial charge in [0, 0.05) is 18.6 Å². The Morgan fingerprint density at radius 2 is 1.81 bits per heavy atom. The maximum absolute atomic E-state index is 12.4. The summed E-state index contributed by atoms with van der Waals surface area (Å²) in [7, 11) is 0. The van der Waals surface area contributed by atoms with Crippen molar-refractivity contribution in [2.45, 2.75) is 45.6 Å². The van der Waals surface area contributed by atoms with E-state index in [0.29, 0.717) is 12.5 Å². The number of morpholine rings is 1. The zero-order chi connectivity index (χ0) is 14.4. The van der Waals surface area contributed by atoms with Crippen molar-refractivity contribution in [3.05, 3.63) is 0 Å². The van der Waals surface area contributed by atoms with Crippen LogP contribution in [0.15, 0.2) is 0 Å². The normalized spacial score (nSPS) is 38.0. The lowest BCUT2D eigenvalue weighted by molar-refractivity contribution is -0.127. The number of carbonyl (C=O) groups is 1. The predicted molar refractivity (Wildman–Crippen MR) is 78.4 cm³/mol. The van der Waals surface area contributed by atoms with Gasteiger partial charge >= 0.3 is 0 Å². The van der Waals surface area contributed by atoms with Crippen molar-refractivity contribution in [1.29, 1.82) is 0 Å². The molecule has 1 heterocycles. The third kappa shape index (κ3) is 2.82. The van der Waals surface area contributed by atoms with E-state index >= 15 is 0 Å². The van der Waals surface area contributed by atoms with Gasteiger partial charge in [-0.25, -0.2) is 0 Å². The molecule has 3 rings (SSSR count). The molecule has 0 aromatic rings. The molecule has 1 amide bonds. The second-order valence-corrected chi connectivity index (χ2v) is 7.57. The highest BCUT2D eigenvalue weighted by atomic mass is 35.5. The van der Waals surface area contributed by atoms with E-state index in [-0.39, 0.29) is 29.3 Å². The zero-order valence-corrected chi connectivity index (χ0v) is 14.2. The summed E-state index contributed by atoms with van der Waals surface area (Å²) in [4.78, 5) is 14.6. The number of amides is 1. The Labute approximate surface area is 134 Å². The highest BCUT2D eigenvalue weighted by Gasteiger charge is 2.60. The standard InChI is InChI=1S/C16H28N2O2.ClH/c1-15(2)12-4-5-13(10-12)16(15,3)17-14(19)11-18-6-8-20-9-7-18;/h12-13H,4-11H2,1-3H3,(H,17,19);1H/p-1. The molecule has 3 fully saturated rings. The molecular formula is C16H28ClN2O2-. The summed E-state index contributed by atoms with van der Waals surface area (Å²) in [5.74, 6) is 1.63. The van der Waals surface area contributed by atoms with E-state index in [2.05, 4.69) is 31.0 Å². The van der Waals surface area contributed by atoms with Crippen molar-refractivity contribution >= 4 is 5.91 Å². The molecular weight excluding hydrogens is 288 g/mol. The van der Waals surface area contributed by atoms with Crippen LogP contribution < -0.4 is 17.7 Å². The lowest BCUT2D eigenvalue weighted by Gasteiger charge is -2.48. The first-order valence-electron chi connectivity index (χ1n) is 8.04. The number of ether oxygens (including phenoxy) is 1. The van der Waals surface area contributed by atoms with Crippen molar-refractivity contribution < 1.29 is 21.9 Å².